The molecule has 2 aromatic rings. The van der Waals surface area contributed by atoms with Gasteiger partial charge in [-0.15, -0.1) is 0 Å². The smallest absolute Gasteiger partial charge is 0.333 e. The van der Waals surface area contributed by atoms with Crippen LogP contribution in [0.5, 0.6) is 0 Å². The first-order chi connectivity index (χ1) is 7.91. The highest BCUT2D eigenvalue weighted by atomic mass is 32.2. The fraction of sp³-hybridized carbons (Fsp3) is 0. The zero-order chi connectivity index (χ0) is 12.6. The third-order valence-electron chi connectivity index (χ3n) is 2.40. The quantitative estimate of drug-likeness (QED) is 0.590. The van der Waals surface area contributed by atoms with Crippen molar-refractivity contribution >= 4 is 31.7 Å². The van der Waals surface area contributed by atoms with Crippen LogP contribution in [0, 0.1) is 0 Å². The average molecular weight is 251 g/mol. The maximum atomic E-state index is 11.6. The molecule has 3 N–H and O–H groups in total. The van der Waals surface area contributed by atoms with Crippen LogP contribution in [0.25, 0.3) is 10.8 Å². The van der Waals surface area contributed by atoms with Gasteiger partial charge in [0.05, 0.1) is 5.56 Å². The first kappa shape index (κ1) is 11.6. The number of anilines is 1. The van der Waals surface area contributed by atoms with E-state index in [1.165, 1.54) is 6.07 Å². The first-order valence-corrected chi connectivity index (χ1v) is 6.14. The average Bonchev–Trinajstić information content (AvgIpc) is 2.27. The lowest BCUT2D eigenvalue weighted by Crippen LogP contribution is -2.15. The molecule has 88 valence electrons. The molecule has 5 nitrogen and oxygen atoms in total. The topological polar surface area (TPSA) is 97.5 Å². The predicted octanol–water partition coefficient (Wildman–Crippen LogP) is 1.45. The van der Waals surface area contributed by atoms with E-state index in [4.69, 9.17) is 10.3 Å². The van der Waals surface area contributed by atoms with Gasteiger partial charge < -0.3 is 5.73 Å². The van der Waals surface area contributed by atoms with Crippen molar-refractivity contribution in [3.05, 3.63) is 42.0 Å². The van der Waals surface area contributed by atoms with E-state index in [1.807, 2.05) is 0 Å². The maximum Gasteiger partial charge on any atom is 0.333 e. The van der Waals surface area contributed by atoms with Crippen molar-refractivity contribution in [3.63, 3.8) is 0 Å². The highest BCUT2D eigenvalue weighted by Crippen LogP contribution is 2.25. The van der Waals surface area contributed by atoms with E-state index in [1.54, 1.807) is 30.3 Å². The third kappa shape index (κ3) is 2.00. The standard InChI is InChI=1S/C11H9NO4S/c12-9-6-5-7-3-1-2-4-8(7)10(9)11(13)17(14,15)16/h1-6H,12H2,(H,14,15,16). The number of rotatable bonds is 1. The van der Waals surface area contributed by atoms with Gasteiger partial charge in [-0.1, -0.05) is 30.3 Å². The van der Waals surface area contributed by atoms with Gasteiger partial charge in [0.15, 0.2) is 0 Å². The summed E-state index contributed by atoms with van der Waals surface area (Å²) in [6, 6.07) is 9.80. The van der Waals surface area contributed by atoms with E-state index < -0.39 is 15.2 Å². The number of hydrogen-bond acceptors (Lipinski definition) is 4. The Bertz CT molecular complexity index is 706. The van der Waals surface area contributed by atoms with Crippen molar-refractivity contribution in [2.45, 2.75) is 0 Å². The van der Waals surface area contributed by atoms with Crippen molar-refractivity contribution in [2.75, 3.05) is 5.73 Å². The molecule has 17 heavy (non-hydrogen) atoms. The molecule has 0 aromatic heterocycles. The Labute approximate surface area is 97.6 Å². The van der Waals surface area contributed by atoms with Crippen LogP contribution in [0.2, 0.25) is 0 Å². The van der Waals surface area contributed by atoms with Crippen molar-refractivity contribution in [1.29, 1.82) is 0 Å². The molecule has 0 aliphatic rings. The van der Waals surface area contributed by atoms with Crippen molar-refractivity contribution < 1.29 is 17.8 Å². The van der Waals surface area contributed by atoms with Crippen LogP contribution < -0.4 is 5.73 Å². The van der Waals surface area contributed by atoms with Gasteiger partial charge in [0.2, 0.25) is 0 Å². The molecule has 0 saturated carbocycles. The molecule has 0 saturated heterocycles. The van der Waals surface area contributed by atoms with E-state index in [0.717, 1.165) is 0 Å². The van der Waals surface area contributed by atoms with Gasteiger partial charge in [0.1, 0.15) is 0 Å². The van der Waals surface area contributed by atoms with Crippen LogP contribution in [-0.4, -0.2) is 18.1 Å². The third-order valence-corrected chi connectivity index (χ3v) is 3.07. The SMILES string of the molecule is Nc1ccc2ccccc2c1C(=O)S(=O)(=O)O. The molecular formula is C11H9NO4S. The summed E-state index contributed by atoms with van der Waals surface area (Å²) in [5.41, 5.74) is 5.42. The zero-order valence-corrected chi connectivity index (χ0v) is 9.44. The van der Waals surface area contributed by atoms with Gasteiger partial charge in [0, 0.05) is 5.69 Å². The van der Waals surface area contributed by atoms with Gasteiger partial charge in [-0.25, -0.2) is 0 Å². The molecular weight excluding hydrogens is 242 g/mol. The summed E-state index contributed by atoms with van der Waals surface area (Å²) in [4.78, 5) is 11.6. The minimum absolute atomic E-state index is 0.0197. The Morgan fingerprint density at radius 1 is 1.12 bits per heavy atom. The molecule has 0 amide bonds. The van der Waals surface area contributed by atoms with Crippen LogP contribution in [0.15, 0.2) is 36.4 Å². The molecule has 2 aromatic carbocycles. The summed E-state index contributed by atoms with van der Waals surface area (Å²) in [5, 5.41) is -0.310. The lowest BCUT2D eigenvalue weighted by Gasteiger charge is -2.07. The number of carbonyl (C=O) groups is 1. The first-order valence-electron chi connectivity index (χ1n) is 4.70. The van der Waals surface area contributed by atoms with Crippen LogP contribution in [0.1, 0.15) is 10.4 Å². The minimum Gasteiger partial charge on any atom is -0.398 e. The number of benzene rings is 2. The Hall–Kier alpha value is -1.92. The largest absolute Gasteiger partial charge is 0.398 e. The number of carbonyl (C=O) groups excluding carboxylic acids is 1. The molecule has 2 rings (SSSR count). The van der Waals surface area contributed by atoms with E-state index in [9.17, 15) is 13.2 Å². The summed E-state index contributed by atoms with van der Waals surface area (Å²) in [6.07, 6.45) is 0. The lowest BCUT2D eigenvalue weighted by molar-refractivity contribution is 0.106. The second kappa shape index (κ2) is 3.83. The summed E-state index contributed by atoms with van der Waals surface area (Å²) in [6.45, 7) is 0. The molecule has 0 bridgehead atoms. The van der Waals surface area contributed by atoms with Crippen molar-refractivity contribution in [2.24, 2.45) is 0 Å². The Kier molecular flexibility index (Phi) is 2.60. The lowest BCUT2D eigenvalue weighted by atomic mass is 10.0. The Morgan fingerprint density at radius 3 is 2.41 bits per heavy atom. The predicted molar refractivity (Wildman–Crippen MR) is 64.2 cm³/mol. The second-order valence-electron chi connectivity index (χ2n) is 3.51. The highest BCUT2D eigenvalue weighted by Gasteiger charge is 2.25. The summed E-state index contributed by atoms with van der Waals surface area (Å²) in [5.74, 6) is 0. The van der Waals surface area contributed by atoms with Crippen LogP contribution in [0.4, 0.5) is 5.69 Å². The fourth-order valence-electron chi connectivity index (χ4n) is 1.65. The number of fused-ring (bicyclic) bond motifs is 1. The summed E-state index contributed by atoms with van der Waals surface area (Å²) in [7, 11) is -4.79. The van der Waals surface area contributed by atoms with E-state index in [2.05, 4.69) is 0 Å². The zero-order valence-electron chi connectivity index (χ0n) is 8.62. The van der Waals surface area contributed by atoms with Gasteiger partial charge in [-0.05, 0) is 16.8 Å². The molecule has 0 aliphatic carbocycles. The fourth-order valence-corrected chi connectivity index (χ4v) is 2.13. The Balaban J connectivity index is 2.85. The van der Waals surface area contributed by atoms with Crippen LogP contribution >= 0.6 is 0 Å². The summed E-state index contributed by atoms with van der Waals surface area (Å²) < 4.78 is 30.5. The van der Waals surface area contributed by atoms with E-state index >= 15 is 0 Å². The second-order valence-corrected chi connectivity index (χ2v) is 4.83. The Morgan fingerprint density at radius 2 is 1.76 bits per heavy atom. The highest BCUT2D eigenvalue weighted by molar-refractivity contribution is 8.01. The molecule has 0 aliphatic heterocycles. The number of nitrogens with two attached hydrogens (primary N) is 1. The number of hydrogen-bond donors (Lipinski definition) is 2. The molecule has 0 heterocycles. The molecule has 0 unspecified atom stereocenters. The normalized spacial score (nSPS) is 11.6. The molecule has 6 heteroatoms. The molecule has 0 fully saturated rings. The van der Waals surface area contributed by atoms with Crippen LogP contribution in [-0.2, 0) is 10.1 Å². The van der Waals surface area contributed by atoms with E-state index in [0.29, 0.717) is 10.8 Å². The monoisotopic (exact) mass is 251 g/mol. The molecule has 0 spiro atoms. The van der Waals surface area contributed by atoms with E-state index in [-0.39, 0.29) is 11.3 Å². The van der Waals surface area contributed by atoms with Crippen LogP contribution in [0.3, 0.4) is 0 Å². The van der Waals surface area contributed by atoms with Gasteiger partial charge >= 0.3 is 15.2 Å². The summed E-state index contributed by atoms with van der Waals surface area (Å²) >= 11 is 0. The molecule has 0 atom stereocenters. The van der Waals surface area contributed by atoms with Crippen molar-refractivity contribution in [3.8, 4) is 0 Å². The maximum absolute atomic E-state index is 11.6. The van der Waals surface area contributed by atoms with Gasteiger partial charge in [-0.2, -0.15) is 8.42 Å². The van der Waals surface area contributed by atoms with Crippen molar-refractivity contribution in [1.82, 2.24) is 0 Å². The van der Waals surface area contributed by atoms with Gasteiger partial charge in [-0.3, -0.25) is 9.35 Å². The molecule has 0 radical (unpaired) electrons. The minimum atomic E-state index is -4.79. The number of nitrogen functional groups attached to an aromatic ring is 1. The van der Waals surface area contributed by atoms with Gasteiger partial charge in [0.25, 0.3) is 0 Å².